The van der Waals surface area contributed by atoms with Gasteiger partial charge in [-0.05, 0) is 53.6 Å². The maximum Gasteiger partial charge on any atom is 0.336 e. The summed E-state index contributed by atoms with van der Waals surface area (Å²) in [6, 6.07) is 24.0. The van der Waals surface area contributed by atoms with Crippen LogP contribution in [0.25, 0.3) is 6.08 Å². The number of hydrogen-bond donors (Lipinski definition) is 1. The molecule has 1 N–H and O–H groups in total. The molecule has 0 saturated carbocycles. The number of ether oxygens (including phenoxy) is 2. The van der Waals surface area contributed by atoms with E-state index in [-0.39, 0.29) is 5.91 Å². The van der Waals surface area contributed by atoms with E-state index in [4.69, 9.17) is 9.47 Å². The number of carbonyl (C=O) groups is 2. The topological polar surface area (TPSA) is 64.6 Å². The lowest BCUT2D eigenvalue weighted by Gasteiger charge is -2.07. The van der Waals surface area contributed by atoms with Crippen molar-refractivity contribution in [1.29, 1.82) is 0 Å². The molecule has 0 spiro atoms. The number of anilines is 1. The van der Waals surface area contributed by atoms with Gasteiger partial charge in [0.25, 0.3) is 0 Å². The van der Waals surface area contributed by atoms with Crippen LogP contribution in [-0.2, 0) is 16.2 Å². The van der Waals surface area contributed by atoms with Gasteiger partial charge >= 0.3 is 5.97 Å². The van der Waals surface area contributed by atoms with Crippen molar-refractivity contribution in [2.24, 2.45) is 0 Å². The van der Waals surface area contributed by atoms with Crippen LogP contribution in [0.15, 0.2) is 84.9 Å². The molecule has 0 unspecified atom stereocenters. The second kappa shape index (κ2) is 9.90. The number of nitrogens with one attached hydrogen (secondary N) is 1. The molecule has 3 aromatic rings. The highest BCUT2D eigenvalue weighted by Gasteiger charge is 2.02. The Bertz CT molecular complexity index is 995. The standard InChI is InChI=1S/C24H21NO4/c1-18(26)25-21-11-13-22(14-12-21)29-24(27)15-10-19-8-5-9-23(16-19)28-17-20-6-3-2-4-7-20/h2-16H,17H2,1H3,(H,25,26)/b15-10+. The minimum atomic E-state index is -0.493. The van der Waals surface area contributed by atoms with Crippen LogP contribution in [0.1, 0.15) is 18.1 Å². The predicted octanol–water partition coefficient (Wildman–Crippen LogP) is 4.84. The van der Waals surface area contributed by atoms with Gasteiger partial charge in [0.15, 0.2) is 0 Å². The first kappa shape index (κ1) is 19.9. The van der Waals surface area contributed by atoms with E-state index >= 15 is 0 Å². The Hall–Kier alpha value is -3.86. The molecule has 0 heterocycles. The number of amides is 1. The molecule has 5 nitrogen and oxygen atoms in total. The second-order valence-corrected chi connectivity index (χ2v) is 6.31. The van der Waals surface area contributed by atoms with Gasteiger partial charge in [-0.25, -0.2) is 4.79 Å². The first-order chi connectivity index (χ1) is 14.1. The zero-order valence-corrected chi connectivity index (χ0v) is 16.0. The van der Waals surface area contributed by atoms with Crippen LogP contribution < -0.4 is 14.8 Å². The molecule has 0 aliphatic heterocycles. The van der Waals surface area contributed by atoms with E-state index in [0.717, 1.165) is 16.9 Å². The quantitative estimate of drug-likeness (QED) is 0.358. The summed E-state index contributed by atoms with van der Waals surface area (Å²) in [5.74, 6) is 0.465. The Morgan fingerprint density at radius 3 is 2.38 bits per heavy atom. The molecule has 0 saturated heterocycles. The largest absolute Gasteiger partial charge is 0.489 e. The maximum absolute atomic E-state index is 12.0. The molecule has 0 bridgehead atoms. The first-order valence-corrected chi connectivity index (χ1v) is 9.13. The molecule has 0 fully saturated rings. The third-order valence-electron chi connectivity index (χ3n) is 3.91. The maximum atomic E-state index is 12.0. The van der Waals surface area contributed by atoms with Crippen molar-refractivity contribution in [3.63, 3.8) is 0 Å². The SMILES string of the molecule is CC(=O)Nc1ccc(OC(=O)/C=C/c2cccc(OCc3ccccc3)c2)cc1. The molecular weight excluding hydrogens is 366 g/mol. The van der Waals surface area contributed by atoms with Crippen LogP contribution in [0.5, 0.6) is 11.5 Å². The van der Waals surface area contributed by atoms with Crippen LogP contribution in [0.3, 0.4) is 0 Å². The number of benzene rings is 3. The summed E-state index contributed by atoms with van der Waals surface area (Å²) in [6.07, 6.45) is 3.03. The number of hydrogen-bond acceptors (Lipinski definition) is 4. The Labute approximate surface area is 169 Å². The molecule has 3 rings (SSSR count). The molecule has 0 atom stereocenters. The molecule has 146 valence electrons. The Morgan fingerprint density at radius 1 is 0.897 bits per heavy atom. The first-order valence-electron chi connectivity index (χ1n) is 9.13. The molecule has 0 aliphatic carbocycles. The fourth-order valence-corrected chi connectivity index (χ4v) is 2.57. The van der Waals surface area contributed by atoms with Crippen molar-refractivity contribution >= 4 is 23.6 Å². The lowest BCUT2D eigenvalue weighted by molar-refractivity contribution is -0.128. The smallest absolute Gasteiger partial charge is 0.336 e. The van der Waals surface area contributed by atoms with Crippen molar-refractivity contribution in [2.45, 2.75) is 13.5 Å². The molecule has 0 aromatic heterocycles. The normalized spacial score (nSPS) is 10.5. The average Bonchev–Trinajstić information content (AvgIpc) is 2.73. The second-order valence-electron chi connectivity index (χ2n) is 6.31. The van der Waals surface area contributed by atoms with Gasteiger partial charge in [-0.1, -0.05) is 42.5 Å². The van der Waals surface area contributed by atoms with Crippen molar-refractivity contribution in [1.82, 2.24) is 0 Å². The summed E-state index contributed by atoms with van der Waals surface area (Å²) in [6.45, 7) is 1.91. The highest BCUT2D eigenvalue weighted by atomic mass is 16.5. The number of carbonyl (C=O) groups excluding carboxylic acids is 2. The van der Waals surface area contributed by atoms with Gasteiger partial charge in [-0.2, -0.15) is 0 Å². The monoisotopic (exact) mass is 387 g/mol. The van der Waals surface area contributed by atoms with Crippen LogP contribution in [-0.4, -0.2) is 11.9 Å². The zero-order chi connectivity index (χ0) is 20.5. The fraction of sp³-hybridized carbons (Fsp3) is 0.0833. The summed E-state index contributed by atoms with van der Waals surface area (Å²) < 4.78 is 11.1. The summed E-state index contributed by atoms with van der Waals surface area (Å²) in [4.78, 5) is 23.1. The minimum Gasteiger partial charge on any atom is -0.489 e. The third kappa shape index (κ3) is 6.66. The van der Waals surface area contributed by atoms with E-state index in [9.17, 15) is 9.59 Å². The molecule has 0 aliphatic rings. The zero-order valence-electron chi connectivity index (χ0n) is 16.0. The van der Waals surface area contributed by atoms with Crippen molar-refractivity contribution in [3.05, 3.63) is 96.1 Å². The van der Waals surface area contributed by atoms with Gasteiger partial charge in [-0.3, -0.25) is 4.79 Å². The fourth-order valence-electron chi connectivity index (χ4n) is 2.57. The molecule has 29 heavy (non-hydrogen) atoms. The average molecular weight is 387 g/mol. The highest BCUT2D eigenvalue weighted by Crippen LogP contribution is 2.18. The van der Waals surface area contributed by atoms with E-state index in [1.807, 2.05) is 54.6 Å². The number of esters is 1. The van der Waals surface area contributed by atoms with Crippen LogP contribution in [0, 0.1) is 0 Å². The molecule has 1 amide bonds. The van der Waals surface area contributed by atoms with Gasteiger partial charge in [0.05, 0.1) is 0 Å². The molecule has 0 radical (unpaired) electrons. The summed E-state index contributed by atoms with van der Waals surface area (Å²) in [7, 11) is 0. The lowest BCUT2D eigenvalue weighted by atomic mass is 10.2. The van der Waals surface area contributed by atoms with E-state index < -0.39 is 5.97 Å². The Balaban J connectivity index is 1.55. The van der Waals surface area contributed by atoms with Gasteiger partial charge in [0, 0.05) is 18.7 Å². The van der Waals surface area contributed by atoms with Gasteiger partial charge in [0.2, 0.25) is 5.91 Å². The third-order valence-corrected chi connectivity index (χ3v) is 3.91. The Kier molecular flexibility index (Phi) is 6.79. The summed E-state index contributed by atoms with van der Waals surface area (Å²) >= 11 is 0. The highest BCUT2D eigenvalue weighted by molar-refractivity contribution is 5.90. The van der Waals surface area contributed by atoms with Crippen LogP contribution >= 0.6 is 0 Å². The Morgan fingerprint density at radius 2 is 1.66 bits per heavy atom. The van der Waals surface area contributed by atoms with E-state index in [0.29, 0.717) is 18.0 Å². The van der Waals surface area contributed by atoms with E-state index in [1.54, 1.807) is 30.3 Å². The van der Waals surface area contributed by atoms with Crippen molar-refractivity contribution in [2.75, 3.05) is 5.32 Å². The van der Waals surface area contributed by atoms with Crippen molar-refractivity contribution in [3.8, 4) is 11.5 Å². The lowest BCUT2D eigenvalue weighted by Crippen LogP contribution is -2.06. The summed E-state index contributed by atoms with van der Waals surface area (Å²) in [5, 5.41) is 2.65. The van der Waals surface area contributed by atoms with Crippen LogP contribution in [0.2, 0.25) is 0 Å². The van der Waals surface area contributed by atoms with Crippen LogP contribution in [0.4, 0.5) is 5.69 Å². The molecular formula is C24H21NO4. The predicted molar refractivity (Wildman–Crippen MR) is 113 cm³/mol. The number of rotatable bonds is 7. The van der Waals surface area contributed by atoms with E-state index in [2.05, 4.69) is 5.32 Å². The van der Waals surface area contributed by atoms with E-state index in [1.165, 1.54) is 13.0 Å². The molecule has 5 heteroatoms. The minimum absolute atomic E-state index is 0.160. The molecule has 3 aromatic carbocycles. The van der Waals surface area contributed by atoms with Gasteiger partial charge < -0.3 is 14.8 Å². The summed E-state index contributed by atoms with van der Waals surface area (Å²) in [5.41, 5.74) is 2.55. The van der Waals surface area contributed by atoms with Gasteiger partial charge in [0.1, 0.15) is 18.1 Å². The van der Waals surface area contributed by atoms with Gasteiger partial charge in [-0.15, -0.1) is 0 Å². The van der Waals surface area contributed by atoms with Crippen molar-refractivity contribution < 1.29 is 19.1 Å².